The first-order valence-electron chi connectivity index (χ1n) is 6.73. The van der Waals surface area contributed by atoms with Gasteiger partial charge in [-0.15, -0.1) is 11.3 Å². The molecule has 2 aromatic rings. The highest BCUT2D eigenvalue weighted by atomic mass is 32.1. The highest BCUT2D eigenvalue weighted by molar-refractivity contribution is 7.15. The molecule has 19 heavy (non-hydrogen) atoms. The van der Waals surface area contributed by atoms with E-state index in [2.05, 4.69) is 29.1 Å². The van der Waals surface area contributed by atoms with Crippen molar-refractivity contribution >= 4 is 11.3 Å². The largest absolute Gasteiger partial charge is 0.309 e. The van der Waals surface area contributed by atoms with E-state index >= 15 is 0 Å². The summed E-state index contributed by atoms with van der Waals surface area (Å²) in [5.74, 6) is 0.447. The fraction of sp³-hybridized carbons (Fsp3) is 0.500. The fourth-order valence-electron chi connectivity index (χ4n) is 1.99. The minimum atomic E-state index is 0.447. The van der Waals surface area contributed by atoms with Gasteiger partial charge in [0.25, 0.3) is 0 Å². The number of nitrogens with zero attached hydrogens (tertiary/aromatic N) is 3. The molecule has 0 bridgehead atoms. The molecule has 0 radical (unpaired) electrons. The van der Waals surface area contributed by atoms with Gasteiger partial charge < -0.3 is 5.32 Å². The number of thiazole rings is 1. The molecule has 100 valence electrons. The maximum atomic E-state index is 4.77. The Morgan fingerprint density at radius 3 is 2.89 bits per heavy atom. The molecule has 0 aromatic carbocycles. The minimum absolute atomic E-state index is 0.447. The first kappa shape index (κ1) is 12.7. The third kappa shape index (κ3) is 2.98. The lowest BCUT2D eigenvalue weighted by atomic mass is 10.1. The summed E-state index contributed by atoms with van der Waals surface area (Å²) in [6.45, 7) is 5.32. The Labute approximate surface area is 117 Å². The van der Waals surface area contributed by atoms with E-state index in [1.165, 1.54) is 23.4 Å². The lowest BCUT2D eigenvalue weighted by Gasteiger charge is -2.05. The van der Waals surface area contributed by atoms with E-state index < -0.39 is 0 Å². The first-order valence-corrected chi connectivity index (χ1v) is 7.55. The molecule has 1 aliphatic rings. The molecule has 1 N–H and O–H groups in total. The van der Waals surface area contributed by atoms with Gasteiger partial charge in [-0.25, -0.2) is 15.0 Å². The highest BCUT2D eigenvalue weighted by Crippen LogP contribution is 2.31. The summed E-state index contributed by atoms with van der Waals surface area (Å²) in [6, 6.07) is 2.64. The summed E-state index contributed by atoms with van der Waals surface area (Å²) in [6.07, 6.45) is 5.97. The summed E-state index contributed by atoms with van der Waals surface area (Å²) in [5, 5.41) is 4.57. The second kappa shape index (κ2) is 5.35. The third-order valence-electron chi connectivity index (χ3n) is 3.20. The van der Waals surface area contributed by atoms with Gasteiger partial charge in [-0.2, -0.15) is 0 Å². The zero-order chi connectivity index (χ0) is 13.2. The zero-order valence-corrected chi connectivity index (χ0v) is 12.1. The lowest BCUT2D eigenvalue weighted by molar-refractivity contribution is 0.681. The summed E-state index contributed by atoms with van der Waals surface area (Å²) in [5.41, 5.74) is 2.12. The predicted octanol–water partition coefficient (Wildman–Crippen LogP) is 2.98. The Balaban J connectivity index is 1.87. The zero-order valence-electron chi connectivity index (χ0n) is 11.3. The summed E-state index contributed by atoms with van der Waals surface area (Å²) >= 11 is 1.75. The maximum absolute atomic E-state index is 4.77. The average molecular weight is 274 g/mol. The predicted molar refractivity (Wildman–Crippen MR) is 77.1 cm³/mol. The van der Waals surface area contributed by atoms with Crippen molar-refractivity contribution in [2.75, 3.05) is 0 Å². The molecule has 0 saturated heterocycles. The van der Waals surface area contributed by atoms with Crippen LogP contribution in [-0.4, -0.2) is 21.0 Å². The number of rotatable bonds is 5. The Hall–Kier alpha value is -1.33. The van der Waals surface area contributed by atoms with Crippen molar-refractivity contribution < 1.29 is 0 Å². The van der Waals surface area contributed by atoms with Crippen molar-refractivity contribution in [1.82, 2.24) is 20.3 Å². The van der Waals surface area contributed by atoms with Crippen LogP contribution in [0, 0.1) is 0 Å². The standard InChI is InChI=1S/C14H18N4S/c1-9(2)13-12(7-16-10-3-4-10)19-14(18-13)11-5-6-15-8-17-11/h5-6,8-10,16H,3-4,7H2,1-2H3. The first-order chi connectivity index (χ1) is 9.24. The summed E-state index contributed by atoms with van der Waals surface area (Å²) in [7, 11) is 0. The molecule has 2 aromatic heterocycles. The van der Waals surface area contributed by atoms with E-state index in [0.717, 1.165) is 23.3 Å². The molecule has 5 heteroatoms. The molecule has 1 aliphatic carbocycles. The highest BCUT2D eigenvalue weighted by Gasteiger charge is 2.22. The van der Waals surface area contributed by atoms with Crippen LogP contribution in [-0.2, 0) is 6.54 Å². The third-order valence-corrected chi connectivity index (χ3v) is 4.30. The van der Waals surface area contributed by atoms with Crippen molar-refractivity contribution in [2.45, 2.75) is 45.2 Å². The molecule has 0 aliphatic heterocycles. The molecule has 2 heterocycles. The fourth-order valence-corrected chi connectivity index (χ4v) is 3.14. The van der Waals surface area contributed by atoms with Crippen molar-refractivity contribution in [2.24, 2.45) is 0 Å². The second-order valence-electron chi connectivity index (χ2n) is 5.23. The van der Waals surface area contributed by atoms with Gasteiger partial charge in [-0.05, 0) is 24.8 Å². The van der Waals surface area contributed by atoms with E-state index in [-0.39, 0.29) is 0 Å². The van der Waals surface area contributed by atoms with Crippen LogP contribution in [0.2, 0.25) is 0 Å². The van der Waals surface area contributed by atoms with Crippen LogP contribution in [0.4, 0.5) is 0 Å². The van der Waals surface area contributed by atoms with Crippen LogP contribution >= 0.6 is 11.3 Å². The topological polar surface area (TPSA) is 50.7 Å². The van der Waals surface area contributed by atoms with Gasteiger partial charge >= 0.3 is 0 Å². The summed E-state index contributed by atoms with van der Waals surface area (Å²) < 4.78 is 0. The van der Waals surface area contributed by atoms with Crippen molar-refractivity contribution in [1.29, 1.82) is 0 Å². The van der Waals surface area contributed by atoms with Gasteiger partial charge in [0.05, 0.1) is 5.69 Å². The quantitative estimate of drug-likeness (QED) is 0.910. The van der Waals surface area contributed by atoms with E-state index in [1.807, 2.05) is 6.07 Å². The Morgan fingerprint density at radius 1 is 1.42 bits per heavy atom. The molecule has 0 atom stereocenters. The molecular formula is C14H18N4S. The normalized spacial score (nSPS) is 15.1. The molecular weight excluding hydrogens is 256 g/mol. The van der Waals surface area contributed by atoms with Gasteiger partial charge in [0.15, 0.2) is 0 Å². The van der Waals surface area contributed by atoms with Gasteiger partial charge in [-0.1, -0.05) is 13.8 Å². The monoisotopic (exact) mass is 274 g/mol. The van der Waals surface area contributed by atoms with Gasteiger partial charge in [0, 0.05) is 23.7 Å². The Bertz CT molecular complexity index is 546. The van der Waals surface area contributed by atoms with E-state index in [4.69, 9.17) is 4.98 Å². The van der Waals surface area contributed by atoms with Gasteiger partial charge in [-0.3, -0.25) is 0 Å². The molecule has 4 nitrogen and oxygen atoms in total. The van der Waals surface area contributed by atoms with Crippen LogP contribution < -0.4 is 5.32 Å². The second-order valence-corrected chi connectivity index (χ2v) is 6.32. The number of nitrogens with one attached hydrogen (secondary N) is 1. The molecule has 1 fully saturated rings. The van der Waals surface area contributed by atoms with Gasteiger partial charge in [0.2, 0.25) is 0 Å². The SMILES string of the molecule is CC(C)c1nc(-c2ccncn2)sc1CNC1CC1. The van der Waals surface area contributed by atoms with Crippen LogP contribution in [0.5, 0.6) is 0 Å². The van der Waals surface area contributed by atoms with Gasteiger partial charge in [0.1, 0.15) is 17.0 Å². The Morgan fingerprint density at radius 2 is 2.26 bits per heavy atom. The van der Waals surface area contributed by atoms with Crippen molar-refractivity contribution in [3.8, 4) is 10.7 Å². The molecule has 0 amide bonds. The van der Waals surface area contributed by atoms with Crippen molar-refractivity contribution in [3.05, 3.63) is 29.2 Å². The Kier molecular flexibility index (Phi) is 3.57. The number of hydrogen-bond acceptors (Lipinski definition) is 5. The molecule has 0 unspecified atom stereocenters. The molecule has 1 saturated carbocycles. The number of hydrogen-bond donors (Lipinski definition) is 1. The van der Waals surface area contributed by atoms with Crippen molar-refractivity contribution in [3.63, 3.8) is 0 Å². The smallest absolute Gasteiger partial charge is 0.142 e. The maximum Gasteiger partial charge on any atom is 0.142 e. The number of aromatic nitrogens is 3. The van der Waals surface area contributed by atoms with E-state index in [0.29, 0.717) is 5.92 Å². The molecule has 3 rings (SSSR count). The van der Waals surface area contributed by atoms with Crippen LogP contribution in [0.3, 0.4) is 0 Å². The lowest BCUT2D eigenvalue weighted by Crippen LogP contribution is -2.15. The minimum Gasteiger partial charge on any atom is -0.309 e. The van der Waals surface area contributed by atoms with Crippen LogP contribution in [0.15, 0.2) is 18.6 Å². The van der Waals surface area contributed by atoms with Crippen LogP contribution in [0.1, 0.15) is 43.2 Å². The summed E-state index contributed by atoms with van der Waals surface area (Å²) in [4.78, 5) is 14.4. The van der Waals surface area contributed by atoms with E-state index in [1.54, 1.807) is 23.9 Å². The van der Waals surface area contributed by atoms with E-state index in [9.17, 15) is 0 Å². The molecule has 0 spiro atoms. The average Bonchev–Trinajstić information content (AvgIpc) is 3.15. The van der Waals surface area contributed by atoms with Crippen LogP contribution in [0.25, 0.3) is 10.7 Å².